The Morgan fingerprint density at radius 3 is 2.90 bits per heavy atom. The van der Waals surface area contributed by atoms with Crippen molar-refractivity contribution in [1.82, 2.24) is 9.97 Å². The number of benzene rings is 1. The summed E-state index contributed by atoms with van der Waals surface area (Å²) in [6, 6.07) is 7.63. The van der Waals surface area contributed by atoms with Crippen molar-refractivity contribution < 1.29 is 14.0 Å². The Kier molecular flexibility index (Phi) is 5.43. The second-order valence-corrected chi connectivity index (χ2v) is 8.32. The molecule has 29 heavy (non-hydrogen) atoms. The monoisotopic (exact) mass is 529 g/mol. The first kappa shape index (κ1) is 20.0. The minimum atomic E-state index is -1.13. The number of oxime groups is 1. The summed E-state index contributed by atoms with van der Waals surface area (Å²) >= 11 is 8.27. The van der Waals surface area contributed by atoms with Crippen LogP contribution in [0.25, 0.3) is 11.0 Å². The standard InChI is InChI=1S/C19H15ClF2IN5O/c20-12-7-25-14-3-4-16(26-18(14)17(12)19(24)27-29)28-8-9(21)5-15(28)11-6-10(23)1-2-13(11)22/h1-4,6-7,9,15,29H,5,8H2,(H2,24,27)/t9-,15+/m0/s1. The number of hydrogen-bond donors (Lipinski definition) is 2. The van der Waals surface area contributed by atoms with E-state index in [1.807, 2.05) is 0 Å². The molecular weight excluding hydrogens is 515 g/mol. The summed E-state index contributed by atoms with van der Waals surface area (Å²) in [5, 5.41) is 12.3. The molecule has 3 N–H and O–H groups in total. The maximum Gasteiger partial charge on any atom is 0.173 e. The molecular formula is C19H15ClF2IN5O. The molecule has 0 amide bonds. The summed E-state index contributed by atoms with van der Waals surface area (Å²) < 4.78 is 29.7. The highest BCUT2D eigenvalue weighted by Gasteiger charge is 2.36. The predicted octanol–water partition coefficient (Wildman–Crippen LogP) is 4.41. The number of rotatable bonds is 3. The van der Waals surface area contributed by atoms with E-state index < -0.39 is 18.0 Å². The van der Waals surface area contributed by atoms with Crippen molar-refractivity contribution in [2.75, 3.05) is 11.4 Å². The quantitative estimate of drug-likeness (QED) is 0.173. The molecule has 0 unspecified atom stereocenters. The third-order valence-corrected chi connectivity index (χ3v) is 5.83. The van der Waals surface area contributed by atoms with Crippen LogP contribution in [0.3, 0.4) is 0 Å². The zero-order valence-corrected chi connectivity index (χ0v) is 17.8. The minimum Gasteiger partial charge on any atom is -0.409 e. The zero-order valence-electron chi connectivity index (χ0n) is 14.9. The van der Waals surface area contributed by atoms with Crippen LogP contribution >= 0.6 is 34.2 Å². The zero-order chi connectivity index (χ0) is 20.7. The molecule has 2 atom stereocenters. The van der Waals surface area contributed by atoms with Crippen LogP contribution in [-0.2, 0) is 0 Å². The van der Waals surface area contributed by atoms with Gasteiger partial charge in [-0.1, -0.05) is 16.8 Å². The van der Waals surface area contributed by atoms with Gasteiger partial charge in [-0.25, -0.2) is 13.8 Å². The van der Waals surface area contributed by atoms with Gasteiger partial charge in [-0.05, 0) is 52.9 Å². The average Bonchev–Trinajstić information content (AvgIpc) is 3.10. The van der Waals surface area contributed by atoms with Gasteiger partial charge in [0.15, 0.2) is 5.84 Å². The maximum atomic E-state index is 14.5. The molecule has 0 bridgehead atoms. The minimum absolute atomic E-state index is 0.0704. The van der Waals surface area contributed by atoms with Gasteiger partial charge in [-0.15, -0.1) is 0 Å². The molecule has 0 spiro atoms. The van der Waals surface area contributed by atoms with Crippen LogP contribution in [0.2, 0.25) is 5.02 Å². The van der Waals surface area contributed by atoms with Gasteiger partial charge in [0.1, 0.15) is 23.3 Å². The van der Waals surface area contributed by atoms with Gasteiger partial charge in [0.25, 0.3) is 0 Å². The molecule has 3 aromatic rings. The number of aromatic nitrogens is 2. The Labute approximate surface area is 183 Å². The highest BCUT2D eigenvalue weighted by atomic mass is 127. The first-order valence-electron chi connectivity index (χ1n) is 8.68. The van der Waals surface area contributed by atoms with Gasteiger partial charge in [-0.3, -0.25) is 4.98 Å². The van der Waals surface area contributed by atoms with Crippen LogP contribution in [0.15, 0.2) is 41.7 Å². The molecule has 0 aliphatic carbocycles. The molecule has 1 aliphatic rings. The van der Waals surface area contributed by atoms with Crippen LogP contribution in [0, 0.1) is 9.39 Å². The van der Waals surface area contributed by atoms with E-state index in [0.717, 1.165) is 3.57 Å². The first-order valence-corrected chi connectivity index (χ1v) is 10.1. The van der Waals surface area contributed by atoms with E-state index >= 15 is 0 Å². The van der Waals surface area contributed by atoms with Crippen LogP contribution in [0.5, 0.6) is 0 Å². The van der Waals surface area contributed by atoms with Crippen LogP contribution in [0.1, 0.15) is 23.6 Å². The molecule has 4 rings (SSSR count). The molecule has 0 saturated carbocycles. The third kappa shape index (κ3) is 3.68. The van der Waals surface area contributed by atoms with E-state index in [2.05, 4.69) is 37.7 Å². The average molecular weight is 530 g/mol. The Morgan fingerprint density at radius 1 is 1.34 bits per heavy atom. The lowest BCUT2D eigenvalue weighted by Gasteiger charge is -2.26. The number of alkyl halides is 1. The summed E-state index contributed by atoms with van der Waals surface area (Å²) in [4.78, 5) is 10.5. The number of anilines is 1. The van der Waals surface area contributed by atoms with Crippen molar-refractivity contribution in [3.05, 3.63) is 62.1 Å². The lowest BCUT2D eigenvalue weighted by Crippen LogP contribution is -2.25. The van der Waals surface area contributed by atoms with Crippen LogP contribution in [-0.4, -0.2) is 33.7 Å². The van der Waals surface area contributed by atoms with E-state index in [-0.39, 0.29) is 29.4 Å². The number of nitrogens with two attached hydrogens (primary N) is 1. The Bertz CT molecular complexity index is 1130. The molecule has 2 aromatic heterocycles. The van der Waals surface area contributed by atoms with E-state index in [1.165, 1.54) is 12.3 Å². The summed E-state index contributed by atoms with van der Waals surface area (Å²) in [7, 11) is 0. The van der Waals surface area contributed by atoms with Crippen molar-refractivity contribution >= 4 is 56.9 Å². The van der Waals surface area contributed by atoms with Crippen molar-refractivity contribution in [1.29, 1.82) is 0 Å². The van der Waals surface area contributed by atoms with E-state index in [9.17, 15) is 8.78 Å². The van der Waals surface area contributed by atoms with E-state index in [1.54, 1.807) is 29.2 Å². The van der Waals surface area contributed by atoms with Crippen molar-refractivity contribution in [3.63, 3.8) is 0 Å². The Balaban J connectivity index is 1.85. The molecule has 1 saturated heterocycles. The van der Waals surface area contributed by atoms with Crippen LogP contribution < -0.4 is 10.6 Å². The summed E-state index contributed by atoms with van der Waals surface area (Å²) in [5.41, 5.74) is 7.21. The second-order valence-electron chi connectivity index (χ2n) is 6.67. The highest BCUT2D eigenvalue weighted by molar-refractivity contribution is 14.1. The van der Waals surface area contributed by atoms with E-state index in [0.29, 0.717) is 22.4 Å². The normalized spacial score (nSPS) is 19.9. The molecule has 0 radical (unpaired) electrons. The summed E-state index contributed by atoms with van der Waals surface area (Å²) in [6.45, 7) is 0.0704. The lowest BCUT2D eigenvalue weighted by atomic mass is 10.0. The lowest BCUT2D eigenvalue weighted by molar-refractivity contribution is 0.318. The molecule has 6 nitrogen and oxygen atoms in total. The number of amidine groups is 1. The first-order chi connectivity index (χ1) is 13.9. The number of fused-ring (bicyclic) bond motifs is 1. The van der Waals surface area contributed by atoms with Crippen LogP contribution in [0.4, 0.5) is 14.6 Å². The Morgan fingerprint density at radius 2 is 2.14 bits per heavy atom. The van der Waals surface area contributed by atoms with Crippen molar-refractivity contribution in [2.24, 2.45) is 10.9 Å². The SMILES string of the molecule is N/C(=N\O)c1c(Cl)cnc2ccc(N3C[C@@H](F)C[C@@H]3c3cc(I)ccc3F)nc12. The largest absolute Gasteiger partial charge is 0.409 e. The number of nitrogens with zero attached hydrogens (tertiary/aromatic N) is 4. The molecule has 3 heterocycles. The summed E-state index contributed by atoms with van der Waals surface area (Å²) in [6.07, 6.45) is 0.407. The maximum absolute atomic E-state index is 14.5. The van der Waals surface area contributed by atoms with Gasteiger partial charge in [0, 0.05) is 21.8 Å². The third-order valence-electron chi connectivity index (χ3n) is 4.88. The smallest absolute Gasteiger partial charge is 0.173 e. The summed E-state index contributed by atoms with van der Waals surface area (Å²) in [5.74, 6) is -0.175. The number of halogens is 4. The van der Waals surface area contributed by atoms with E-state index in [4.69, 9.17) is 22.5 Å². The fourth-order valence-corrected chi connectivity index (χ4v) is 4.34. The Hall–Kier alpha value is -2.27. The van der Waals surface area contributed by atoms with Gasteiger partial charge >= 0.3 is 0 Å². The van der Waals surface area contributed by atoms with Gasteiger partial charge < -0.3 is 15.8 Å². The number of hydrogen-bond acceptors (Lipinski definition) is 5. The molecule has 1 aromatic carbocycles. The second kappa shape index (κ2) is 7.86. The molecule has 1 fully saturated rings. The van der Waals surface area contributed by atoms with Gasteiger partial charge in [0.05, 0.1) is 28.7 Å². The topological polar surface area (TPSA) is 87.6 Å². The van der Waals surface area contributed by atoms with Gasteiger partial charge in [-0.2, -0.15) is 0 Å². The molecule has 150 valence electrons. The fourth-order valence-electron chi connectivity index (χ4n) is 3.59. The number of pyridine rings is 2. The van der Waals surface area contributed by atoms with Crippen molar-refractivity contribution in [3.8, 4) is 0 Å². The fraction of sp³-hybridized carbons (Fsp3) is 0.211. The van der Waals surface area contributed by atoms with Gasteiger partial charge in [0.2, 0.25) is 0 Å². The highest BCUT2D eigenvalue weighted by Crippen LogP contribution is 2.39. The molecule has 10 heteroatoms. The van der Waals surface area contributed by atoms with Crippen molar-refractivity contribution in [2.45, 2.75) is 18.6 Å². The predicted molar refractivity (Wildman–Crippen MR) is 116 cm³/mol. The molecule has 1 aliphatic heterocycles.